The highest BCUT2D eigenvalue weighted by molar-refractivity contribution is 7.92. The van der Waals surface area contributed by atoms with Gasteiger partial charge in [0.15, 0.2) is 0 Å². The normalized spacial score (nSPS) is 11.0. The third-order valence-electron chi connectivity index (χ3n) is 4.52. The average molecular weight is 440 g/mol. The Bertz CT molecular complexity index is 1100. The molecule has 0 aliphatic heterocycles. The van der Waals surface area contributed by atoms with Crippen molar-refractivity contribution in [2.45, 2.75) is 13.3 Å². The minimum Gasteiger partial charge on any atom is -0.494 e. The van der Waals surface area contributed by atoms with E-state index in [1.165, 1.54) is 0 Å². The van der Waals surface area contributed by atoms with E-state index in [1.54, 1.807) is 48.8 Å². The molecule has 8 heteroatoms. The lowest BCUT2D eigenvalue weighted by molar-refractivity contribution is -0.114. The van der Waals surface area contributed by atoms with Gasteiger partial charge in [0.2, 0.25) is 15.9 Å². The van der Waals surface area contributed by atoms with Crippen molar-refractivity contribution in [1.82, 2.24) is 4.98 Å². The zero-order chi connectivity index (χ0) is 22.3. The third-order valence-corrected chi connectivity index (χ3v) is 5.66. The summed E-state index contributed by atoms with van der Waals surface area (Å²) >= 11 is 0. The molecule has 0 aliphatic carbocycles. The molecule has 3 aromatic rings. The Morgan fingerprint density at radius 1 is 0.968 bits per heavy atom. The van der Waals surface area contributed by atoms with Crippen molar-refractivity contribution in [1.29, 1.82) is 0 Å². The molecule has 7 nitrogen and oxygen atoms in total. The van der Waals surface area contributed by atoms with E-state index in [4.69, 9.17) is 4.74 Å². The molecule has 0 fully saturated rings. The molecule has 1 heterocycles. The number of carbonyl (C=O) groups excluding carboxylic acids is 1. The molecule has 1 amide bonds. The van der Waals surface area contributed by atoms with Gasteiger partial charge < -0.3 is 10.1 Å². The van der Waals surface area contributed by atoms with Crippen LogP contribution in [0.1, 0.15) is 18.1 Å². The molecule has 0 unspecified atom stereocenters. The molecule has 1 aromatic heterocycles. The number of hydrogen-bond donors (Lipinski definition) is 1. The van der Waals surface area contributed by atoms with Gasteiger partial charge >= 0.3 is 0 Å². The lowest BCUT2D eigenvalue weighted by Crippen LogP contribution is -2.37. The van der Waals surface area contributed by atoms with Crippen molar-refractivity contribution >= 4 is 27.3 Å². The van der Waals surface area contributed by atoms with Gasteiger partial charge in [0.25, 0.3) is 0 Å². The van der Waals surface area contributed by atoms with Crippen molar-refractivity contribution in [3.63, 3.8) is 0 Å². The molecule has 3 rings (SSSR count). The number of anilines is 2. The number of nitrogens with one attached hydrogen (secondary N) is 1. The maximum atomic E-state index is 12.5. The Kier molecular flexibility index (Phi) is 7.25. The summed E-state index contributed by atoms with van der Waals surface area (Å²) in [5.41, 5.74) is 3.24. The van der Waals surface area contributed by atoms with Crippen LogP contribution < -0.4 is 14.4 Å². The van der Waals surface area contributed by atoms with Crippen molar-refractivity contribution in [3.05, 3.63) is 84.2 Å². The first-order valence-corrected chi connectivity index (χ1v) is 11.7. The SMILES string of the molecule is CCOc1ccc(N(CC(=O)Nc2ccc(Cc3ccncc3)cc2)S(C)(=O)=O)cc1. The van der Waals surface area contributed by atoms with Gasteiger partial charge in [0.1, 0.15) is 12.3 Å². The van der Waals surface area contributed by atoms with Crippen LogP contribution in [0.25, 0.3) is 0 Å². The van der Waals surface area contributed by atoms with Gasteiger partial charge in [0.05, 0.1) is 18.6 Å². The predicted octanol–water partition coefficient (Wildman–Crippen LogP) is 3.48. The minimum atomic E-state index is -3.65. The number of benzene rings is 2. The summed E-state index contributed by atoms with van der Waals surface area (Å²) in [5, 5.41) is 2.76. The second kappa shape index (κ2) is 10.1. The molecule has 0 bridgehead atoms. The Morgan fingerprint density at radius 3 is 2.16 bits per heavy atom. The zero-order valence-corrected chi connectivity index (χ0v) is 18.3. The molecule has 1 N–H and O–H groups in total. The van der Waals surface area contributed by atoms with Gasteiger partial charge in [-0.2, -0.15) is 0 Å². The van der Waals surface area contributed by atoms with E-state index < -0.39 is 15.9 Å². The van der Waals surface area contributed by atoms with Crippen LogP contribution in [-0.4, -0.2) is 38.7 Å². The second-order valence-corrected chi connectivity index (χ2v) is 8.88. The Labute approximate surface area is 182 Å². The highest BCUT2D eigenvalue weighted by atomic mass is 32.2. The summed E-state index contributed by atoms with van der Waals surface area (Å²) in [6, 6.07) is 18.0. The lowest BCUT2D eigenvalue weighted by Gasteiger charge is -2.22. The number of hydrogen-bond acceptors (Lipinski definition) is 5. The zero-order valence-electron chi connectivity index (χ0n) is 17.5. The summed E-state index contributed by atoms with van der Waals surface area (Å²) in [5.74, 6) is 0.206. The largest absolute Gasteiger partial charge is 0.494 e. The van der Waals surface area contributed by atoms with E-state index in [0.717, 1.165) is 28.1 Å². The minimum absolute atomic E-state index is 0.328. The first-order chi connectivity index (χ1) is 14.8. The average Bonchev–Trinajstić information content (AvgIpc) is 2.74. The van der Waals surface area contributed by atoms with E-state index in [1.807, 2.05) is 31.2 Å². The van der Waals surface area contributed by atoms with Crippen LogP contribution in [0.5, 0.6) is 5.75 Å². The monoisotopic (exact) mass is 439 g/mol. The number of ether oxygens (including phenoxy) is 1. The van der Waals surface area contributed by atoms with E-state index in [0.29, 0.717) is 23.7 Å². The molecule has 0 aliphatic rings. The van der Waals surface area contributed by atoms with Crippen LogP contribution in [-0.2, 0) is 21.2 Å². The van der Waals surface area contributed by atoms with Crippen molar-refractivity contribution in [3.8, 4) is 5.75 Å². The van der Waals surface area contributed by atoms with Crippen LogP contribution in [0.2, 0.25) is 0 Å². The summed E-state index contributed by atoms with van der Waals surface area (Å²) in [4.78, 5) is 16.5. The molecule has 162 valence electrons. The molecule has 0 radical (unpaired) electrons. The fourth-order valence-electron chi connectivity index (χ4n) is 3.05. The van der Waals surface area contributed by atoms with Gasteiger partial charge in [0, 0.05) is 18.1 Å². The molecule has 0 spiro atoms. The van der Waals surface area contributed by atoms with Crippen molar-refractivity contribution < 1.29 is 17.9 Å². The fraction of sp³-hybridized carbons (Fsp3) is 0.217. The molecule has 0 atom stereocenters. The first kappa shape index (κ1) is 22.3. The van der Waals surface area contributed by atoms with Gasteiger partial charge in [-0.05, 0) is 73.0 Å². The number of nitrogens with zero attached hydrogens (tertiary/aromatic N) is 2. The molecule has 31 heavy (non-hydrogen) atoms. The predicted molar refractivity (Wildman–Crippen MR) is 122 cm³/mol. The summed E-state index contributed by atoms with van der Waals surface area (Å²) in [6.07, 6.45) is 5.34. The van der Waals surface area contributed by atoms with Crippen LogP contribution >= 0.6 is 0 Å². The van der Waals surface area contributed by atoms with Crippen LogP contribution in [0, 0.1) is 0 Å². The van der Waals surface area contributed by atoms with E-state index in [-0.39, 0.29) is 6.54 Å². The molecule has 0 saturated heterocycles. The fourth-order valence-corrected chi connectivity index (χ4v) is 3.90. The van der Waals surface area contributed by atoms with E-state index >= 15 is 0 Å². The maximum Gasteiger partial charge on any atom is 0.245 e. The quantitative estimate of drug-likeness (QED) is 0.551. The summed E-state index contributed by atoms with van der Waals surface area (Å²) in [6.45, 7) is 2.05. The smallest absolute Gasteiger partial charge is 0.245 e. The van der Waals surface area contributed by atoms with Crippen LogP contribution in [0.15, 0.2) is 73.1 Å². The van der Waals surface area contributed by atoms with Crippen molar-refractivity contribution in [2.75, 3.05) is 29.0 Å². The molecular weight excluding hydrogens is 414 g/mol. The topological polar surface area (TPSA) is 88.6 Å². The maximum absolute atomic E-state index is 12.5. The van der Waals surface area contributed by atoms with Crippen molar-refractivity contribution in [2.24, 2.45) is 0 Å². The van der Waals surface area contributed by atoms with Crippen LogP contribution in [0.3, 0.4) is 0 Å². The highest BCUT2D eigenvalue weighted by Crippen LogP contribution is 2.22. The third kappa shape index (κ3) is 6.55. The number of amides is 1. The number of rotatable bonds is 9. The van der Waals surface area contributed by atoms with Gasteiger partial charge in [-0.25, -0.2) is 8.42 Å². The second-order valence-electron chi connectivity index (χ2n) is 6.97. The highest BCUT2D eigenvalue weighted by Gasteiger charge is 2.21. The van der Waals surface area contributed by atoms with Gasteiger partial charge in [-0.15, -0.1) is 0 Å². The first-order valence-electron chi connectivity index (χ1n) is 9.83. The van der Waals surface area contributed by atoms with Gasteiger partial charge in [-0.3, -0.25) is 14.1 Å². The number of sulfonamides is 1. The molecule has 0 saturated carbocycles. The Morgan fingerprint density at radius 2 is 1.58 bits per heavy atom. The summed E-state index contributed by atoms with van der Waals surface area (Å²) in [7, 11) is -3.65. The lowest BCUT2D eigenvalue weighted by atomic mass is 10.1. The van der Waals surface area contributed by atoms with E-state index in [2.05, 4.69) is 10.3 Å². The number of carbonyl (C=O) groups is 1. The Hall–Kier alpha value is -3.39. The Balaban J connectivity index is 1.65. The number of aromatic nitrogens is 1. The van der Waals surface area contributed by atoms with E-state index in [9.17, 15) is 13.2 Å². The van der Waals surface area contributed by atoms with Gasteiger partial charge in [-0.1, -0.05) is 12.1 Å². The summed E-state index contributed by atoms with van der Waals surface area (Å²) < 4.78 is 31.0. The molecular formula is C23H25N3O4S. The standard InChI is InChI=1S/C23H25N3O4S/c1-3-30-22-10-8-21(9-11-22)26(31(2,28)29)17-23(27)25-20-6-4-18(5-7-20)16-19-12-14-24-15-13-19/h4-15H,3,16-17H2,1-2H3,(H,25,27). The number of pyridine rings is 1. The van der Waals surface area contributed by atoms with Crippen LogP contribution in [0.4, 0.5) is 11.4 Å². The molecule has 2 aromatic carbocycles.